The average molecular weight is 328 g/mol. The lowest BCUT2D eigenvalue weighted by Gasteiger charge is -2.25. The van der Waals surface area contributed by atoms with E-state index in [0.29, 0.717) is 26.1 Å². The molecule has 2 fully saturated rings. The number of aliphatic hydroxyl groups is 3. The van der Waals surface area contributed by atoms with Crippen molar-refractivity contribution in [3.8, 4) is 0 Å². The van der Waals surface area contributed by atoms with Crippen molar-refractivity contribution in [2.45, 2.75) is 43.3 Å². The van der Waals surface area contributed by atoms with Crippen molar-refractivity contribution < 1.29 is 24.8 Å². The molecule has 2 aliphatic rings. The molecule has 0 radical (unpaired) electrons. The van der Waals surface area contributed by atoms with Crippen molar-refractivity contribution in [3.05, 3.63) is 32.6 Å². The van der Waals surface area contributed by atoms with Crippen LogP contribution in [0.15, 0.2) is 15.8 Å². The molecule has 23 heavy (non-hydrogen) atoms. The second-order valence-corrected chi connectivity index (χ2v) is 5.85. The minimum atomic E-state index is -1.35. The van der Waals surface area contributed by atoms with Gasteiger partial charge in [-0.05, 0) is 12.8 Å². The van der Waals surface area contributed by atoms with Crippen molar-refractivity contribution in [2.24, 2.45) is 0 Å². The zero-order valence-electron chi connectivity index (χ0n) is 12.4. The molecule has 1 aromatic rings. The summed E-state index contributed by atoms with van der Waals surface area (Å²) in [6.45, 7) is 0.574. The predicted molar refractivity (Wildman–Crippen MR) is 77.1 cm³/mol. The zero-order valence-corrected chi connectivity index (χ0v) is 12.4. The molecular weight excluding hydrogens is 308 g/mol. The molecule has 4 N–H and O–H groups in total. The third-order valence-electron chi connectivity index (χ3n) is 4.43. The Kier molecular flexibility index (Phi) is 4.64. The number of aromatic nitrogens is 2. The van der Waals surface area contributed by atoms with E-state index in [1.807, 2.05) is 0 Å². The monoisotopic (exact) mass is 328 g/mol. The van der Waals surface area contributed by atoms with Crippen LogP contribution >= 0.6 is 0 Å². The maximum atomic E-state index is 12.1. The predicted octanol–water partition coefficient (Wildman–Crippen LogP) is -1.96. The van der Waals surface area contributed by atoms with Gasteiger partial charge in [-0.1, -0.05) is 0 Å². The number of ether oxygens (including phenoxy) is 2. The van der Waals surface area contributed by atoms with Crippen LogP contribution in [0.2, 0.25) is 0 Å². The molecule has 0 aliphatic carbocycles. The van der Waals surface area contributed by atoms with Gasteiger partial charge < -0.3 is 24.8 Å². The number of H-pyrrole nitrogens is 1. The van der Waals surface area contributed by atoms with Crippen LogP contribution in [0.25, 0.3) is 0 Å². The minimum absolute atomic E-state index is 0.0543. The van der Waals surface area contributed by atoms with Crippen LogP contribution < -0.4 is 11.2 Å². The first-order valence-corrected chi connectivity index (χ1v) is 7.58. The fourth-order valence-corrected chi connectivity index (χ4v) is 3.09. The number of aromatic amines is 1. The first-order valence-electron chi connectivity index (χ1n) is 7.58. The Morgan fingerprint density at radius 1 is 1.22 bits per heavy atom. The van der Waals surface area contributed by atoms with Crippen molar-refractivity contribution >= 4 is 0 Å². The molecule has 3 rings (SSSR count). The molecule has 0 unspecified atom stereocenters. The highest BCUT2D eigenvalue weighted by molar-refractivity contribution is 5.14. The molecule has 0 amide bonds. The largest absolute Gasteiger partial charge is 0.394 e. The summed E-state index contributed by atoms with van der Waals surface area (Å²) >= 11 is 0. The fourth-order valence-electron chi connectivity index (χ4n) is 3.09. The Morgan fingerprint density at radius 3 is 2.52 bits per heavy atom. The van der Waals surface area contributed by atoms with E-state index in [9.17, 15) is 19.8 Å². The lowest BCUT2D eigenvalue weighted by atomic mass is 10.0. The van der Waals surface area contributed by atoms with Crippen molar-refractivity contribution in [2.75, 3.05) is 19.8 Å². The maximum absolute atomic E-state index is 12.1. The van der Waals surface area contributed by atoms with Gasteiger partial charge in [0, 0.05) is 25.5 Å². The molecule has 0 bridgehead atoms. The molecule has 2 saturated heterocycles. The Hall–Kier alpha value is -1.52. The summed E-state index contributed by atoms with van der Waals surface area (Å²) in [6, 6.07) is -0.107. The summed E-state index contributed by atoms with van der Waals surface area (Å²) < 4.78 is 12.0. The first kappa shape index (κ1) is 16.3. The Morgan fingerprint density at radius 2 is 1.91 bits per heavy atom. The smallest absolute Gasteiger partial charge is 0.328 e. The lowest BCUT2D eigenvalue weighted by molar-refractivity contribution is -0.0234. The van der Waals surface area contributed by atoms with Crippen LogP contribution in [0.1, 0.15) is 30.6 Å². The van der Waals surface area contributed by atoms with E-state index >= 15 is 0 Å². The van der Waals surface area contributed by atoms with Gasteiger partial charge >= 0.3 is 5.69 Å². The van der Waals surface area contributed by atoms with Crippen LogP contribution in [0, 0.1) is 0 Å². The van der Waals surface area contributed by atoms with Gasteiger partial charge in [-0.15, -0.1) is 0 Å². The standard InChI is InChI=1S/C14H20N2O7/c17-6-9-10(18)11(19)12(23-9)8-5-16(14(21)15-13(8)20)7-1-3-22-4-2-7/h5,7,9-12,17-19H,1-4,6H2,(H,15,20,21)/t9-,10-,11-,12+/m1/s1. The highest BCUT2D eigenvalue weighted by Crippen LogP contribution is 2.32. The van der Waals surface area contributed by atoms with E-state index in [1.165, 1.54) is 10.8 Å². The van der Waals surface area contributed by atoms with E-state index in [1.54, 1.807) is 0 Å². The van der Waals surface area contributed by atoms with Gasteiger partial charge in [-0.25, -0.2) is 4.79 Å². The average Bonchev–Trinajstić information content (AvgIpc) is 2.84. The normalized spacial score (nSPS) is 32.3. The van der Waals surface area contributed by atoms with E-state index in [-0.39, 0.29) is 11.6 Å². The summed E-state index contributed by atoms with van der Waals surface area (Å²) in [7, 11) is 0. The van der Waals surface area contributed by atoms with Crippen molar-refractivity contribution in [1.82, 2.24) is 9.55 Å². The number of rotatable bonds is 3. The van der Waals surface area contributed by atoms with Gasteiger partial charge in [-0.2, -0.15) is 0 Å². The van der Waals surface area contributed by atoms with Gasteiger partial charge in [-0.3, -0.25) is 14.3 Å². The van der Waals surface area contributed by atoms with E-state index < -0.39 is 42.3 Å². The van der Waals surface area contributed by atoms with Crippen molar-refractivity contribution in [3.63, 3.8) is 0 Å². The van der Waals surface area contributed by atoms with E-state index in [4.69, 9.17) is 14.6 Å². The summed E-state index contributed by atoms with van der Waals surface area (Å²) in [5.74, 6) is 0. The minimum Gasteiger partial charge on any atom is -0.394 e. The second kappa shape index (κ2) is 6.54. The van der Waals surface area contributed by atoms with Crippen molar-refractivity contribution in [1.29, 1.82) is 0 Å². The number of hydrogen-bond donors (Lipinski definition) is 4. The summed E-state index contributed by atoms with van der Waals surface area (Å²) in [5, 5.41) is 29.0. The van der Waals surface area contributed by atoms with Gasteiger partial charge in [0.25, 0.3) is 5.56 Å². The Bertz CT molecular complexity index is 664. The highest BCUT2D eigenvalue weighted by atomic mass is 16.6. The zero-order chi connectivity index (χ0) is 16.6. The highest BCUT2D eigenvalue weighted by Gasteiger charge is 2.44. The maximum Gasteiger partial charge on any atom is 0.328 e. The van der Waals surface area contributed by atoms with Crippen LogP contribution in [0.4, 0.5) is 0 Å². The SMILES string of the molecule is O=c1[nH]c(=O)n(C2CCOCC2)cc1[C@@H]1O[C@H](CO)[C@@H](O)[C@H]1O. The third kappa shape index (κ3) is 2.98. The Labute approximate surface area is 131 Å². The summed E-state index contributed by atoms with van der Waals surface area (Å²) in [4.78, 5) is 26.4. The molecule has 9 heteroatoms. The number of hydrogen-bond acceptors (Lipinski definition) is 7. The molecule has 128 valence electrons. The molecule has 2 aliphatic heterocycles. The molecule has 0 aromatic carbocycles. The third-order valence-corrected chi connectivity index (χ3v) is 4.43. The molecule has 4 atom stereocenters. The molecular formula is C14H20N2O7. The first-order chi connectivity index (χ1) is 11.0. The lowest BCUT2D eigenvalue weighted by Crippen LogP contribution is -2.38. The van der Waals surface area contributed by atoms with E-state index in [2.05, 4.69) is 4.98 Å². The molecule has 9 nitrogen and oxygen atoms in total. The fraction of sp³-hybridized carbons (Fsp3) is 0.714. The Balaban J connectivity index is 1.96. The molecule has 3 heterocycles. The van der Waals surface area contributed by atoms with Gasteiger partial charge in [0.2, 0.25) is 0 Å². The van der Waals surface area contributed by atoms with Gasteiger partial charge in [0.1, 0.15) is 24.4 Å². The molecule has 0 saturated carbocycles. The van der Waals surface area contributed by atoms with Gasteiger partial charge in [0.15, 0.2) is 0 Å². The number of aliphatic hydroxyl groups excluding tert-OH is 3. The van der Waals surface area contributed by atoms with Crippen LogP contribution in [-0.4, -0.2) is 63.0 Å². The molecule has 0 spiro atoms. The summed E-state index contributed by atoms with van der Waals surface area (Å²) in [5.41, 5.74) is -1.15. The van der Waals surface area contributed by atoms with E-state index in [0.717, 1.165) is 0 Å². The summed E-state index contributed by atoms with van der Waals surface area (Å²) in [6.07, 6.45) is -2.07. The van der Waals surface area contributed by atoms with Crippen LogP contribution in [0.5, 0.6) is 0 Å². The topological polar surface area (TPSA) is 134 Å². The number of nitrogens with one attached hydrogen (secondary N) is 1. The van der Waals surface area contributed by atoms with Gasteiger partial charge in [0.05, 0.1) is 12.2 Å². The number of nitrogens with zero attached hydrogens (tertiary/aromatic N) is 1. The van der Waals surface area contributed by atoms with Crippen LogP contribution in [-0.2, 0) is 9.47 Å². The second-order valence-electron chi connectivity index (χ2n) is 5.85. The van der Waals surface area contributed by atoms with Crippen LogP contribution in [0.3, 0.4) is 0 Å². The molecule has 1 aromatic heterocycles. The quantitative estimate of drug-likeness (QED) is 0.506.